The standard InChI is InChI=1S/C14H10O4/c15-11-3-1-7-5-10-8(6-9(7)13(11)17)2-4-12(16)14(10)18/h5-6H,1-4H2. The molecular weight excluding hydrogens is 232 g/mol. The van der Waals surface area contributed by atoms with Crippen LogP contribution in [0.15, 0.2) is 12.1 Å². The van der Waals surface area contributed by atoms with Crippen molar-refractivity contribution in [1.82, 2.24) is 0 Å². The van der Waals surface area contributed by atoms with Crippen LogP contribution in [0.5, 0.6) is 0 Å². The highest BCUT2D eigenvalue weighted by molar-refractivity contribution is 6.46. The molecule has 0 aromatic heterocycles. The van der Waals surface area contributed by atoms with Gasteiger partial charge in [0.2, 0.25) is 23.1 Å². The fourth-order valence-corrected chi connectivity index (χ4v) is 2.55. The van der Waals surface area contributed by atoms with Crippen molar-refractivity contribution in [2.75, 3.05) is 0 Å². The van der Waals surface area contributed by atoms with Gasteiger partial charge in [0.05, 0.1) is 0 Å². The molecule has 4 nitrogen and oxygen atoms in total. The summed E-state index contributed by atoms with van der Waals surface area (Å²) >= 11 is 0. The van der Waals surface area contributed by atoms with E-state index in [-0.39, 0.29) is 24.4 Å². The van der Waals surface area contributed by atoms with Crippen molar-refractivity contribution >= 4 is 23.1 Å². The predicted molar refractivity (Wildman–Crippen MR) is 61.8 cm³/mol. The van der Waals surface area contributed by atoms with Gasteiger partial charge >= 0.3 is 0 Å². The Hall–Kier alpha value is -2.10. The van der Waals surface area contributed by atoms with Crippen LogP contribution in [-0.2, 0) is 22.4 Å². The molecule has 0 amide bonds. The Kier molecular flexibility index (Phi) is 2.26. The number of rotatable bonds is 0. The topological polar surface area (TPSA) is 68.3 Å². The lowest BCUT2D eigenvalue weighted by molar-refractivity contribution is -0.116. The molecule has 0 saturated carbocycles. The van der Waals surface area contributed by atoms with Crippen molar-refractivity contribution in [2.24, 2.45) is 0 Å². The number of fused-ring (bicyclic) bond motifs is 2. The molecule has 0 N–H and O–H groups in total. The number of carbonyl (C=O) groups excluding carboxylic acids is 4. The zero-order chi connectivity index (χ0) is 12.9. The van der Waals surface area contributed by atoms with Gasteiger partial charge in [-0.25, -0.2) is 0 Å². The zero-order valence-electron chi connectivity index (χ0n) is 9.62. The average Bonchev–Trinajstić information content (AvgIpc) is 2.38. The van der Waals surface area contributed by atoms with Gasteiger partial charge in [-0.3, -0.25) is 19.2 Å². The molecular formula is C14H10O4. The number of aryl methyl sites for hydroxylation is 2. The summed E-state index contributed by atoms with van der Waals surface area (Å²) in [6, 6.07) is 3.24. The third-order valence-corrected chi connectivity index (χ3v) is 3.57. The smallest absolute Gasteiger partial charge is 0.228 e. The fourth-order valence-electron chi connectivity index (χ4n) is 2.55. The Balaban J connectivity index is 2.18. The van der Waals surface area contributed by atoms with Gasteiger partial charge in [-0.1, -0.05) is 0 Å². The molecule has 2 aliphatic carbocycles. The van der Waals surface area contributed by atoms with E-state index in [1.54, 1.807) is 12.1 Å². The van der Waals surface area contributed by atoms with Crippen molar-refractivity contribution in [2.45, 2.75) is 25.7 Å². The average molecular weight is 242 g/mol. The molecule has 0 radical (unpaired) electrons. The van der Waals surface area contributed by atoms with E-state index in [1.807, 2.05) is 0 Å². The third-order valence-electron chi connectivity index (χ3n) is 3.57. The van der Waals surface area contributed by atoms with E-state index >= 15 is 0 Å². The first-order chi connectivity index (χ1) is 8.58. The molecule has 4 heteroatoms. The van der Waals surface area contributed by atoms with Crippen LogP contribution in [-0.4, -0.2) is 23.1 Å². The first kappa shape index (κ1) is 11.0. The second kappa shape index (κ2) is 3.70. The molecule has 18 heavy (non-hydrogen) atoms. The molecule has 0 fully saturated rings. The van der Waals surface area contributed by atoms with Gasteiger partial charge in [-0.15, -0.1) is 0 Å². The van der Waals surface area contributed by atoms with Gasteiger partial charge in [-0.2, -0.15) is 0 Å². The molecule has 0 atom stereocenters. The fraction of sp³-hybridized carbons (Fsp3) is 0.286. The zero-order valence-corrected chi connectivity index (χ0v) is 9.62. The van der Waals surface area contributed by atoms with Crippen molar-refractivity contribution < 1.29 is 19.2 Å². The number of ketones is 4. The Morgan fingerprint density at radius 2 is 1.00 bits per heavy atom. The summed E-state index contributed by atoms with van der Waals surface area (Å²) in [5.74, 6) is -1.69. The summed E-state index contributed by atoms with van der Waals surface area (Å²) < 4.78 is 0. The van der Waals surface area contributed by atoms with Crippen molar-refractivity contribution in [3.05, 3.63) is 34.4 Å². The van der Waals surface area contributed by atoms with E-state index in [9.17, 15) is 19.2 Å². The number of Topliss-reactive ketones (excluding diaryl/α,β-unsaturated/α-hetero) is 4. The molecule has 1 aromatic carbocycles. The van der Waals surface area contributed by atoms with E-state index < -0.39 is 11.6 Å². The monoisotopic (exact) mass is 242 g/mol. The molecule has 90 valence electrons. The second-order valence-corrected chi connectivity index (χ2v) is 4.67. The Morgan fingerprint density at radius 1 is 0.611 bits per heavy atom. The number of hydrogen-bond acceptors (Lipinski definition) is 4. The first-order valence-corrected chi connectivity index (χ1v) is 5.89. The Morgan fingerprint density at radius 3 is 1.39 bits per heavy atom. The summed E-state index contributed by atoms with van der Waals surface area (Å²) in [5.41, 5.74) is 2.24. The quantitative estimate of drug-likeness (QED) is 0.638. The molecule has 0 unspecified atom stereocenters. The lowest BCUT2D eigenvalue weighted by Crippen LogP contribution is -2.27. The summed E-state index contributed by atoms with van der Waals surface area (Å²) in [4.78, 5) is 46.2. The van der Waals surface area contributed by atoms with Gasteiger partial charge in [0.25, 0.3) is 0 Å². The Labute approximate surface area is 103 Å². The highest BCUT2D eigenvalue weighted by atomic mass is 16.2. The maximum absolute atomic E-state index is 11.7. The maximum atomic E-state index is 11.7. The minimum absolute atomic E-state index is 0.187. The van der Waals surface area contributed by atoms with Gasteiger partial charge in [0.1, 0.15) is 0 Å². The molecule has 0 saturated heterocycles. The lowest BCUT2D eigenvalue weighted by Gasteiger charge is -2.20. The normalized spacial score (nSPS) is 18.7. The molecule has 2 aliphatic rings. The largest absolute Gasteiger partial charge is 0.290 e. The minimum atomic E-state index is -0.469. The predicted octanol–water partition coefficient (Wildman–Crippen LogP) is 1.08. The van der Waals surface area contributed by atoms with Crippen molar-refractivity contribution in [3.63, 3.8) is 0 Å². The van der Waals surface area contributed by atoms with Crippen LogP contribution < -0.4 is 0 Å². The number of carbonyl (C=O) groups is 4. The van der Waals surface area contributed by atoms with Crippen LogP contribution in [0.1, 0.15) is 44.7 Å². The van der Waals surface area contributed by atoms with E-state index in [2.05, 4.69) is 0 Å². The second-order valence-electron chi connectivity index (χ2n) is 4.67. The van der Waals surface area contributed by atoms with Gasteiger partial charge in [-0.05, 0) is 36.1 Å². The highest BCUT2D eigenvalue weighted by Crippen LogP contribution is 2.27. The van der Waals surface area contributed by atoms with E-state index in [0.29, 0.717) is 35.1 Å². The SMILES string of the molecule is O=C1CCc2cc3c(cc2C1=O)CCC(=O)C3=O. The van der Waals surface area contributed by atoms with Gasteiger partial charge in [0, 0.05) is 24.0 Å². The van der Waals surface area contributed by atoms with E-state index in [4.69, 9.17) is 0 Å². The van der Waals surface area contributed by atoms with Crippen LogP contribution in [0.2, 0.25) is 0 Å². The van der Waals surface area contributed by atoms with Crippen LogP contribution in [0, 0.1) is 0 Å². The number of benzene rings is 1. The van der Waals surface area contributed by atoms with Crippen LogP contribution in [0.4, 0.5) is 0 Å². The molecule has 3 rings (SSSR count). The number of hydrogen-bond donors (Lipinski definition) is 0. The molecule has 0 aliphatic heterocycles. The third kappa shape index (κ3) is 1.45. The molecule has 0 spiro atoms. The Bertz CT molecular complexity index is 569. The molecule has 1 aromatic rings. The van der Waals surface area contributed by atoms with Crippen LogP contribution >= 0.6 is 0 Å². The van der Waals surface area contributed by atoms with Crippen molar-refractivity contribution in [3.8, 4) is 0 Å². The van der Waals surface area contributed by atoms with Gasteiger partial charge in [0.15, 0.2) is 0 Å². The highest BCUT2D eigenvalue weighted by Gasteiger charge is 2.30. The lowest BCUT2D eigenvalue weighted by atomic mass is 9.81. The summed E-state index contributed by atoms with van der Waals surface area (Å²) in [7, 11) is 0. The van der Waals surface area contributed by atoms with Crippen LogP contribution in [0.3, 0.4) is 0 Å². The van der Waals surface area contributed by atoms with E-state index in [1.165, 1.54) is 0 Å². The first-order valence-electron chi connectivity index (χ1n) is 5.89. The maximum Gasteiger partial charge on any atom is 0.228 e. The summed E-state index contributed by atoms with van der Waals surface area (Å²) in [5, 5.41) is 0. The van der Waals surface area contributed by atoms with Crippen LogP contribution in [0.25, 0.3) is 0 Å². The van der Waals surface area contributed by atoms with Crippen molar-refractivity contribution in [1.29, 1.82) is 0 Å². The molecule has 0 heterocycles. The summed E-state index contributed by atoms with van der Waals surface area (Å²) in [6.07, 6.45) is 1.31. The van der Waals surface area contributed by atoms with E-state index in [0.717, 1.165) is 0 Å². The van der Waals surface area contributed by atoms with Gasteiger partial charge < -0.3 is 0 Å². The minimum Gasteiger partial charge on any atom is -0.290 e. The summed E-state index contributed by atoms with van der Waals surface area (Å²) in [6.45, 7) is 0. The molecule has 0 bridgehead atoms.